The number of aromatic nitrogens is 3. The summed E-state index contributed by atoms with van der Waals surface area (Å²) < 4.78 is 20.4. The number of hydrogen-bond donors (Lipinski definition) is 2. The molecule has 0 saturated heterocycles. The highest BCUT2D eigenvalue weighted by Crippen LogP contribution is 2.28. The first-order valence-electron chi connectivity index (χ1n) is 12.3. The number of nitrogens with two attached hydrogens (primary N) is 1. The van der Waals surface area contributed by atoms with Crippen LogP contribution in [0, 0.1) is 5.82 Å². The fraction of sp³-hybridized carbons (Fsp3) is 0.241. The number of pyridine rings is 1. The van der Waals surface area contributed by atoms with Crippen LogP contribution in [-0.2, 0) is 11.4 Å². The lowest BCUT2D eigenvalue weighted by molar-refractivity contribution is -0.106. The van der Waals surface area contributed by atoms with Crippen LogP contribution in [0.3, 0.4) is 0 Å². The number of rotatable bonds is 7. The lowest BCUT2D eigenvalue weighted by Gasteiger charge is -2.22. The van der Waals surface area contributed by atoms with Gasteiger partial charge in [-0.3, -0.25) is 4.79 Å². The normalized spacial score (nSPS) is 13.2. The predicted octanol–water partition coefficient (Wildman–Crippen LogP) is 5.77. The van der Waals surface area contributed by atoms with Crippen molar-refractivity contribution in [2.45, 2.75) is 44.8 Å². The number of amides is 1. The third-order valence-electron chi connectivity index (χ3n) is 6.12. The van der Waals surface area contributed by atoms with Crippen molar-refractivity contribution in [1.29, 1.82) is 0 Å². The molecular formula is C29H30FN5O2. The molecule has 0 radical (unpaired) electrons. The molecule has 2 aromatic heterocycles. The van der Waals surface area contributed by atoms with Gasteiger partial charge in [0.25, 0.3) is 0 Å². The van der Waals surface area contributed by atoms with Crippen LogP contribution in [0.5, 0.6) is 5.88 Å². The Morgan fingerprint density at radius 1 is 0.919 bits per heavy atom. The van der Waals surface area contributed by atoms with Gasteiger partial charge in [0.2, 0.25) is 18.2 Å². The molecule has 1 fully saturated rings. The molecule has 0 spiro atoms. The van der Waals surface area contributed by atoms with E-state index in [0.717, 1.165) is 29.5 Å². The van der Waals surface area contributed by atoms with Crippen molar-refractivity contribution in [3.05, 3.63) is 90.5 Å². The van der Waals surface area contributed by atoms with Gasteiger partial charge < -0.3 is 15.8 Å². The molecule has 0 atom stereocenters. The Labute approximate surface area is 216 Å². The summed E-state index contributed by atoms with van der Waals surface area (Å²) in [5, 5.41) is 3.38. The molecule has 37 heavy (non-hydrogen) atoms. The van der Waals surface area contributed by atoms with Crippen LogP contribution in [0.15, 0.2) is 79.1 Å². The van der Waals surface area contributed by atoms with Crippen molar-refractivity contribution in [2.75, 3.05) is 5.32 Å². The quantitative estimate of drug-likeness (QED) is 0.313. The number of ether oxygens (including phenoxy) is 1. The number of nitrogens with zero attached hydrogens (tertiary/aromatic N) is 3. The zero-order valence-corrected chi connectivity index (χ0v) is 20.5. The number of carbonyl (C=O) groups is 1. The van der Waals surface area contributed by atoms with Crippen LogP contribution < -0.4 is 15.8 Å². The van der Waals surface area contributed by atoms with Gasteiger partial charge in [-0.2, -0.15) is 0 Å². The van der Waals surface area contributed by atoms with E-state index in [-0.39, 0.29) is 6.41 Å². The summed E-state index contributed by atoms with van der Waals surface area (Å²) in [6.07, 6.45) is 9.16. The van der Waals surface area contributed by atoms with Gasteiger partial charge in [-0.25, -0.2) is 19.3 Å². The standard InChI is InChI=1S/C28H27FN4O.CH3NO/c29-25-18-31-28(32-24-12-5-2-6-13-24)33-27(25)22-11-7-10-21(16-22)23-14-15-26(30-17-23)34-19-20-8-3-1-4-9-20;2-1-3/h1,3-4,7-11,14-18,24H,2,5-6,12-13,19H2,(H,31,32,33);1H,(H2,2,3). The number of hydrogen-bond acceptors (Lipinski definition) is 6. The Kier molecular flexibility index (Phi) is 9.12. The van der Waals surface area contributed by atoms with E-state index in [9.17, 15) is 4.39 Å². The molecule has 8 heteroatoms. The van der Waals surface area contributed by atoms with Gasteiger partial charge >= 0.3 is 0 Å². The maximum atomic E-state index is 14.7. The SMILES string of the molecule is Fc1cnc(NC2CCCCC2)nc1-c1cccc(-c2ccc(OCc3ccccc3)nc2)c1.NC=O. The zero-order valence-electron chi connectivity index (χ0n) is 20.5. The fourth-order valence-corrected chi connectivity index (χ4v) is 4.28. The second-order valence-electron chi connectivity index (χ2n) is 8.75. The van der Waals surface area contributed by atoms with E-state index in [1.165, 1.54) is 25.5 Å². The minimum atomic E-state index is -0.436. The van der Waals surface area contributed by atoms with Crippen LogP contribution in [0.4, 0.5) is 10.3 Å². The molecule has 1 amide bonds. The highest BCUT2D eigenvalue weighted by Gasteiger charge is 2.16. The molecule has 0 aliphatic heterocycles. The van der Waals surface area contributed by atoms with E-state index in [1.807, 2.05) is 66.7 Å². The molecular weight excluding hydrogens is 469 g/mol. The number of benzene rings is 2. The topological polar surface area (TPSA) is 103 Å². The van der Waals surface area contributed by atoms with Gasteiger partial charge in [0.1, 0.15) is 12.3 Å². The fourth-order valence-electron chi connectivity index (χ4n) is 4.28. The van der Waals surface area contributed by atoms with Gasteiger partial charge in [0.05, 0.1) is 6.20 Å². The molecule has 1 aliphatic rings. The second kappa shape index (κ2) is 13.1. The molecule has 7 nitrogen and oxygen atoms in total. The van der Waals surface area contributed by atoms with E-state index >= 15 is 0 Å². The average molecular weight is 500 g/mol. The number of carbonyl (C=O) groups excluding carboxylic acids is 1. The first kappa shape index (κ1) is 25.8. The minimum absolute atomic E-state index is 0.250. The van der Waals surface area contributed by atoms with Crippen molar-refractivity contribution in [1.82, 2.24) is 15.0 Å². The number of primary amides is 1. The second-order valence-corrected chi connectivity index (χ2v) is 8.75. The van der Waals surface area contributed by atoms with E-state index in [2.05, 4.69) is 26.0 Å². The Morgan fingerprint density at radius 2 is 1.68 bits per heavy atom. The van der Waals surface area contributed by atoms with Crippen molar-refractivity contribution in [3.63, 3.8) is 0 Å². The Morgan fingerprint density at radius 3 is 2.41 bits per heavy atom. The first-order valence-corrected chi connectivity index (χ1v) is 12.3. The predicted molar refractivity (Wildman–Crippen MR) is 142 cm³/mol. The summed E-state index contributed by atoms with van der Waals surface area (Å²) in [6.45, 7) is 0.465. The summed E-state index contributed by atoms with van der Waals surface area (Å²) in [4.78, 5) is 21.7. The molecule has 2 aromatic carbocycles. The van der Waals surface area contributed by atoms with Crippen LogP contribution in [-0.4, -0.2) is 27.4 Å². The molecule has 190 valence electrons. The van der Waals surface area contributed by atoms with Gasteiger partial charge in [0.15, 0.2) is 5.82 Å². The van der Waals surface area contributed by atoms with Crippen LogP contribution in [0.1, 0.15) is 37.7 Å². The zero-order chi connectivity index (χ0) is 25.9. The summed E-state index contributed by atoms with van der Waals surface area (Å²) in [5.41, 5.74) is 8.10. The number of nitrogens with one attached hydrogen (secondary N) is 1. The number of anilines is 1. The minimum Gasteiger partial charge on any atom is -0.473 e. The van der Waals surface area contributed by atoms with Gasteiger partial charge in [0, 0.05) is 29.4 Å². The third kappa shape index (κ3) is 7.33. The first-order chi connectivity index (χ1) is 18.2. The lowest BCUT2D eigenvalue weighted by Crippen LogP contribution is -2.23. The number of halogens is 1. The van der Waals surface area contributed by atoms with Gasteiger partial charge in [-0.15, -0.1) is 0 Å². The highest BCUT2D eigenvalue weighted by molar-refractivity contribution is 5.71. The van der Waals surface area contributed by atoms with E-state index < -0.39 is 5.82 Å². The highest BCUT2D eigenvalue weighted by atomic mass is 19.1. The Balaban J connectivity index is 0.00000102. The summed E-state index contributed by atoms with van der Waals surface area (Å²) in [6, 6.07) is 21.8. The lowest BCUT2D eigenvalue weighted by atomic mass is 9.96. The largest absolute Gasteiger partial charge is 0.473 e. The molecule has 0 unspecified atom stereocenters. The van der Waals surface area contributed by atoms with Crippen LogP contribution in [0.2, 0.25) is 0 Å². The third-order valence-corrected chi connectivity index (χ3v) is 6.12. The van der Waals surface area contributed by atoms with Gasteiger partial charge in [-0.05, 0) is 36.1 Å². The Bertz CT molecular complexity index is 1280. The van der Waals surface area contributed by atoms with Crippen molar-refractivity contribution in [3.8, 4) is 28.3 Å². The van der Waals surface area contributed by atoms with E-state index in [4.69, 9.17) is 9.53 Å². The maximum absolute atomic E-state index is 14.7. The Hall–Kier alpha value is -4.33. The van der Waals surface area contributed by atoms with Crippen molar-refractivity contribution < 1.29 is 13.9 Å². The molecule has 1 aliphatic carbocycles. The van der Waals surface area contributed by atoms with Crippen LogP contribution in [0.25, 0.3) is 22.4 Å². The van der Waals surface area contributed by atoms with E-state index in [0.29, 0.717) is 35.7 Å². The monoisotopic (exact) mass is 499 g/mol. The summed E-state index contributed by atoms with van der Waals surface area (Å²) in [7, 11) is 0. The van der Waals surface area contributed by atoms with Crippen molar-refractivity contribution in [2.24, 2.45) is 5.73 Å². The molecule has 3 N–H and O–H groups in total. The molecule has 5 rings (SSSR count). The average Bonchev–Trinajstić information content (AvgIpc) is 2.95. The summed E-state index contributed by atoms with van der Waals surface area (Å²) >= 11 is 0. The molecule has 2 heterocycles. The molecule has 1 saturated carbocycles. The summed E-state index contributed by atoms with van der Waals surface area (Å²) in [5.74, 6) is 0.605. The van der Waals surface area contributed by atoms with Crippen molar-refractivity contribution >= 4 is 12.4 Å². The maximum Gasteiger partial charge on any atom is 0.223 e. The van der Waals surface area contributed by atoms with Crippen LogP contribution >= 0.6 is 0 Å². The van der Waals surface area contributed by atoms with E-state index in [1.54, 1.807) is 6.20 Å². The van der Waals surface area contributed by atoms with Gasteiger partial charge in [-0.1, -0.05) is 67.8 Å². The smallest absolute Gasteiger partial charge is 0.223 e. The molecule has 4 aromatic rings. The molecule has 0 bridgehead atoms.